The van der Waals surface area contributed by atoms with Gasteiger partial charge in [-0.05, 0) is 69.2 Å². The fraction of sp³-hybridized carbons (Fsp3) is 0.207. The van der Waals surface area contributed by atoms with Crippen molar-refractivity contribution in [2.75, 3.05) is 14.2 Å². The van der Waals surface area contributed by atoms with Gasteiger partial charge in [0.1, 0.15) is 39.5 Å². The molecule has 4 aromatic carbocycles. The molecule has 38 heavy (non-hydrogen) atoms. The lowest BCUT2D eigenvalue weighted by atomic mass is 9.67. The third-order valence-electron chi connectivity index (χ3n) is 7.36. The van der Waals surface area contributed by atoms with Gasteiger partial charge in [0, 0.05) is 28.0 Å². The van der Waals surface area contributed by atoms with E-state index in [9.17, 15) is 25.2 Å². The van der Waals surface area contributed by atoms with Crippen LogP contribution in [0.1, 0.15) is 46.5 Å². The van der Waals surface area contributed by atoms with E-state index in [4.69, 9.17) is 21.1 Å². The summed E-state index contributed by atoms with van der Waals surface area (Å²) in [6, 6.07) is 7.68. The van der Waals surface area contributed by atoms with Gasteiger partial charge in [-0.2, -0.15) is 0 Å². The van der Waals surface area contributed by atoms with Gasteiger partial charge in [-0.15, -0.1) is 0 Å². The Morgan fingerprint density at radius 2 is 1.45 bits per heavy atom. The Balaban J connectivity index is 1.91. The Morgan fingerprint density at radius 3 is 2.08 bits per heavy atom. The van der Waals surface area contributed by atoms with Crippen molar-refractivity contribution in [2.24, 2.45) is 0 Å². The van der Waals surface area contributed by atoms with Crippen LogP contribution >= 0.6 is 27.5 Å². The Labute approximate surface area is 232 Å². The van der Waals surface area contributed by atoms with Gasteiger partial charge >= 0.3 is 0 Å². The Bertz CT molecular complexity index is 1710. The number of hydrogen-bond acceptors (Lipinski definition) is 7. The van der Waals surface area contributed by atoms with E-state index >= 15 is 0 Å². The summed E-state index contributed by atoms with van der Waals surface area (Å²) in [6.45, 7) is 5.47. The van der Waals surface area contributed by atoms with Crippen molar-refractivity contribution in [2.45, 2.75) is 26.2 Å². The lowest BCUT2D eigenvalue weighted by Gasteiger charge is -2.36. The lowest BCUT2D eigenvalue weighted by molar-refractivity contribution is 0.102. The molecule has 0 aromatic heterocycles. The van der Waals surface area contributed by atoms with E-state index in [2.05, 4.69) is 15.9 Å². The highest BCUT2D eigenvalue weighted by atomic mass is 79.9. The number of ether oxygens (including phenoxy) is 2. The smallest absolute Gasteiger partial charge is 0.201 e. The van der Waals surface area contributed by atoms with E-state index in [1.54, 1.807) is 19.1 Å². The first kappa shape index (κ1) is 26.0. The average molecular weight is 600 g/mol. The largest absolute Gasteiger partial charge is 0.508 e. The van der Waals surface area contributed by atoms with Crippen LogP contribution in [0.4, 0.5) is 0 Å². The number of phenolic OH excluding ortho intramolecular Hbond substituents is 4. The SMILES string of the molecule is COc1cc2c(c(O)c1Cl)C(=O)c1c(cc3cc(O)cc(-c4c(O)cc(OC)c(Br)c4C)c3c1O)C2(C)C. The molecule has 5 rings (SSSR count). The van der Waals surface area contributed by atoms with Crippen LogP contribution in [-0.4, -0.2) is 40.4 Å². The topological polar surface area (TPSA) is 116 Å². The van der Waals surface area contributed by atoms with Crippen molar-refractivity contribution in [3.8, 4) is 45.6 Å². The van der Waals surface area contributed by atoms with Crippen LogP contribution in [0.2, 0.25) is 5.02 Å². The third kappa shape index (κ3) is 3.43. The van der Waals surface area contributed by atoms with E-state index in [0.29, 0.717) is 43.4 Å². The maximum absolute atomic E-state index is 13.9. The second-order valence-corrected chi connectivity index (χ2v) is 10.9. The first-order valence-corrected chi connectivity index (χ1v) is 12.8. The van der Waals surface area contributed by atoms with Crippen LogP contribution in [0.15, 0.2) is 34.8 Å². The van der Waals surface area contributed by atoms with Crippen LogP contribution in [0.25, 0.3) is 21.9 Å². The molecule has 9 heteroatoms. The highest BCUT2D eigenvalue weighted by Gasteiger charge is 2.42. The van der Waals surface area contributed by atoms with Crippen LogP contribution in [0, 0.1) is 6.92 Å². The third-order valence-corrected chi connectivity index (χ3v) is 8.71. The molecule has 1 aliphatic carbocycles. The number of benzene rings is 4. The molecular weight excluding hydrogens is 576 g/mol. The summed E-state index contributed by atoms with van der Waals surface area (Å²) in [5.74, 6) is -0.980. The summed E-state index contributed by atoms with van der Waals surface area (Å²) in [5.41, 5.74) is 1.35. The number of halogens is 2. The summed E-state index contributed by atoms with van der Waals surface area (Å²) in [7, 11) is 2.89. The molecule has 0 saturated heterocycles. The summed E-state index contributed by atoms with van der Waals surface area (Å²) < 4.78 is 11.2. The number of fused-ring (bicyclic) bond motifs is 3. The number of ketones is 1. The van der Waals surface area contributed by atoms with Crippen molar-refractivity contribution < 1.29 is 34.7 Å². The fourth-order valence-electron chi connectivity index (χ4n) is 5.42. The quantitative estimate of drug-likeness (QED) is 0.202. The minimum Gasteiger partial charge on any atom is -0.508 e. The molecule has 0 atom stereocenters. The maximum Gasteiger partial charge on any atom is 0.201 e. The zero-order valence-electron chi connectivity index (χ0n) is 21.2. The molecule has 0 heterocycles. The number of aromatic hydroxyl groups is 4. The van der Waals surface area contributed by atoms with Crippen molar-refractivity contribution in [1.82, 2.24) is 0 Å². The van der Waals surface area contributed by atoms with Gasteiger partial charge in [0.2, 0.25) is 5.78 Å². The van der Waals surface area contributed by atoms with Crippen molar-refractivity contribution in [3.63, 3.8) is 0 Å². The van der Waals surface area contributed by atoms with E-state index in [1.165, 1.54) is 32.4 Å². The molecule has 0 saturated carbocycles. The molecule has 196 valence electrons. The van der Waals surface area contributed by atoms with Crippen molar-refractivity contribution in [1.29, 1.82) is 0 Å². The summed E-state index contributed by atoms with van der Waals surface area (Å²) >= 11 is 9.77. The first-order chi connectivity index (χ1) is 17.8. The first-order valence-electron chi connectivity index (χ1n) is 11.6. The molecule has 0 aliphatic heterocycles. The van der Waals surface area contributed by atoms with Crippen molar-refractivity contribution in [3.05, 3.63) is 67.6 Å². The number of hydrogen-bond donors (Lipinski definition) is 4. The highest BCUT2D eigenvalue weighted by Crippen LogP contribution is 2.54. The summed E-state index contributed by atoms with van der Waals surface area (Å²) in [5, 5.41) is 44.8. The highest BCUT2D eigenvalue weighted by molar-refractivity contribution is 9.10. The van der Waals surface area contributed by atoms with E-state index in [1.807, 2.05) is 13.8 Å². The fourth-order valence-corrected chi connectivity index (χ4v) is 6.12. The monoisotopic (exact) mass is 598 g/mol. The molecule has 0 spiro atoms. The predicted octanol–water partition coefficient (Wildman–Crippen LogP) is 6.94. The van der Waals surface area contributed by atoms with Gasteiger partial charge < -0.3 is 29.9 Å². The Kier molecular flexibility index (Phi) is 5.96. The van der Waals surface area contributed by atoms with Gasteiger partial charge in [0.15, 0.2) is 0 Å². The maximum atomic E-state index is 13.9. The number of carbonyl (C=O) groups is 1. The molecular formula is C29H24BrClO7. The number of carbonyl (C=O) groups excluding carboxylic acids is 1. The average Bonchev–Trinajstić information content (AvgIpc) is 2.86. The van der Waals surface area contributed by atoms with E-state index in [0.717, 1.165) is 0 Å². The Hall–Kier alpha value is -3.62. The second kappa shape index (κ2) is 8.71. The molecule has 0 amide bonds. The van der Waals surface area contributed by atoms with Crippen molar-refractivity contribution >= 4 is 44.1 Å². The molecule has 0 unspecified atom stereocenters. The molecule has 4 N–H and O–H groups in total. The number of phenols is 4. The number of methoxy groups -OCH3 is 2. The van der Waals surface area contributed by atoms with Crippen LogP contribution < -0.4 is 9.47 Å². The van der Waals surface area contributed by atoms with Crippen LogP contribution in [-0.2, 0) is 5.41 Å². The van der Waals surface area contributed by atoms with Crippen LogP contribution in [0.3, 0.4) is 0 Å². The molecule has 0 radical (unpaired) electrons. The van der Waals surface area contributed by atoms with Gasteiger partial charge in [-0.1, -0.05) is 25.4 Å². The molecule has 4 aromatic rings. The minimum absolute atomic E-state index is 0.00296. The zero-order valence-corrected chi connectivity index (χ0v) is 23.5. The van der Waals surface area contributed by atoms with E-state index in [-0.39, 0.29) is 44.5 Å². The Morgan fingerprint density at radius 1 is 0.842 bits per heavy atom. The van der Waals surface area contributed by atoms with Gasteiger partial charge in [-0.25, -0.2) is 0 Å². The normalized spacial score (nSPS) is 13.8. The zero-order chi connectivity index (χ0) is 27.8. The number of rotatable bonds is 3. The molecule has 0 fully saturated rings. The van der Waals surface area contributed by atoms with E-state index < -0.39 is 16.9 Å². The van der Waals surface area contributed by atoms with Gasteiger partial charge in [0.05, 0.1) is 29.8 Å². The second-order valence-electron chi connectivity index (χ2n) is 9.77. The standard InChI is InChI=1S/C29H24BrClO7/c1-11-20(17(33)10-18(37-4)24(11)30)14-8-13(32)6-12-7-15-22(26(34)21(12)14)27(35)23-16(29(15,2)3)9-19(38-5)25(31)28(23)36/h6-10,32-34,36H,1-5H3. The molecule has 0 bridgehead atoms. The summed E-state index contributed by atoms with van der Waals surface area (Å²) in [4.78, 5) is 13.9. The van der Waals surface area contributed by atoms with Gasteiger partial charge in [-0.3, -0.25) is 4.79 Å². The lowest BCUT2D eigenvalue weighted by Crippen LogP contribution is -2.31. The minimum atomic E-state index is -0.869. The summed E-state index contributed by atoms with van der Waals surface area (Å²) in [6.07, 6.45) is 0. The predicted molar refractivity (Wildman–Crippen MR) is 149 cm³/mol. The van der Waals surface area contributed by atoms with Gasteiger partial charge in [0.25, 0.3) is 0 Å². The molecule has 1 aliphatic rings. The molecule has 7 nitrogen and oxygen atoms in total. The van der Waals surface area contributed by atoms with Crippen LogP contribution in [0.5, 0.6) is 34.5 Å².